The van der Waals surface area contributed by atoms with Crippen LogP contribution in [0, 0.1) is 13.8 Å². The molecule has 106 valence electrons. The Balaban J connectivity index is 2.21. The number of aryl methyl sites for hydroxylation is 2. The lowest BCUT2D eigenvalue weighted by Gasteiger charge is -2.06. The molecule has 0 saturated carbocycles. The first-order chi connectivity index (χ1) is 10.1. The van der Waals surface area contributed by atoms with Crippen LogP contribution in [0.4, 0.5) is 5.82 Å². The van der Waals surface area contributed by atoms with Crippen LogP contribution in [0.25, 0.3) is 22.5 Å². The molecule has 2 aromatic carbocycles. The van der Waals surface area contributed by atoms with E-state index in [0.29, 0.717) is 11.6 Å². The van der Waals surface area contributed by atoms with Gasteiger partial charge in [-0.15, -0.1) is 0 Å². The number of nitrogens with zero attached hydrogens (tertiary/aromatic N) is 1. The van der Waals surface area contributed by atoms with Crippen molar-refractivity contribution in [3.05, 3.63) is 58.1 Å². The number of aromatic nitrogens is 1. The van der Waals surface area contributed by atoms with Crippen molar-refractivity contribution in [2.24, 2.45) is 0 Å². The zero-order valence-corrected chi connectivity index (χ0v) is 13.4. The van der Waals surface area contributed by atoms with Gasteiger partial charge < -0.3 is 10.3 Å². The van der Waals surface area contributed by atoms with Crippen LogP contribution in [0.15, 0.2) is 51.5 Å². The third-order valence-electron chi connectivity index (χ3n) is 3.50. The van der Waals surface area contributed by atoms with Gasteiger partial charge in [0.2, 0.25) is 0 Å². The Kier molecular flexibility index (Phi) is 3.55. The largest absolute Gasteiger partial charge is 0.380 e. The molecule has 2 N–H and O–H groups in total. The molecular weight excluding hydrogens is 328 g/mol. The van der Waals surface area contributed by atoms with Gasteiger partial charge in [-0.25, -0.2) is 0 Å². The molecule has 0 radical (unpaired) electrons. The molecule has 4 heteroatoms. The third-order valence-corrected chi connectivity index (χ3v) is 4.00. The van der Waals surface area contributed by atoms with Gasteiger partial charge >= 0.3 is 0 Å². The summed E-state index contributed by atoms with van der Waals surface area (Å²) in [7, 11) is 0. The molecule has 0 unspecified atom stereocenters. The molecule has 0 fully saturated rings. The molecule has 21 heavy (non-hydrogen) atoms. The van der Waals surface area contributed by atoms with E-state index in [4.69, 9.17) is 10.3 Å². The number of hydrogen-bond donors (Lipinski definition) is 1. The van der Waals surface area contributed by atoms with E-state index in [9.17, 15) is 0 Å². The van der Waals surface area contributed by atoms with Crippen LogP contribution in [0.2, 0.25) is 0 Å². The first-order valence-electron chi connectivity index (χ1n) is 6.65. The first kappa shape index (κ1) is 13.9. The lowest BCUT2D eigenvalue weighted by molar-refractivity contribution is 0.436. The predicted octanol–water partition coefficient (Wildman–Crippen LogP) is 4.97. The second-order valence-corrected chi connectivity index (χ2v) is 6.01. The summed E-state index contributed by atoms with van der Waals surface area (Å²) < 4.78 is 6.50. The van der Waals surface area contributed by atoms with E-state index in [-0.39, 0.29) is 0 Å². The number of benzene rings is 2. The number of anilines is 1. The fourth-order valence-corrected chi connectivity index (χ4v) is 2.69. The molecule has 3 aromatic rings. The Morgan fingerprint density at radius 3 is 2.48 bits per heavy atom. The van der Waals surface area contributed by atoms with Crippen LogP contribution in [0.1, 0.15) is 11.1 Å². The van der Waals surface area contributed by atoms with Crippen LogP contribution in [-0.2, 0) is 0 Å². The summed E-state index contributed by atoms with van der Waals surface area (Å²) in [4.78, 5) is 0. The second-order valence-electron chi connectivity index (χ2n) is 5.10. The van der Waals surface area contributed by atoms with E-state index >= 15 is 0 Å². The molecule has 0 aliphatic rings. The summed E-state index contributed by atoms with van der Waals surface area (Å²) in [5.74, 6) is 1.11. The quantitative estimate of drug-likeness (QED) is 0.715. The van der Waals surface area contributed by atoms with E-state index in [1.165, 1.54) is 5.56 Å². The average Bonchev–Trinajstić information content (AvgIpc) is 2.84. The van der Waals surface area contributed by atoms with E-state index in [1.807, 2.05) is 37.3 Å². The third kappa shape index (κ3) is 2.59. The number of rotatable bonds is 2. The second kappa shape index (κ2) is 5.37. The monoisotopic (exact) mass is 342 g/mol. The van der Waals surface area contributed by atoms with E-state index < -0.39 is 0 Å². The number of nitrogen functional groups attached to an aromatic ring is 1. The predicted molar refractivity (Wildman–Crippen MR) is 89.0 cm³/mol. The van der Waals surface area contributed by atoms with Crippen molar-refractivity contribution in [3.63, 3.8) is 0 Å². The fraction of sp³-hybridized carbons (Fsp3) is 0.118. The van der Waals surface area contributed by atoms with Gasteiger partial charge in [0.25, 0.3) is 0 Å². The maximum Gasteiger partial charge on any atom is 0.177 e. The number of hydrogen-bond acceptors (Lipinski definition) is 3. The van der Waals surface area contributed by atoms with Crippen molar-refractivity contribution in [1.29, 1.82) is 0 Å². The summed E-state index contributed by atoms with van der Waals surface area (Å²) in [6.45, 7) is 4.10. The van der Waals surface area contributed by atoms with Gasteiger partial charge in [0.1, 0.15) is 0 Å². The highest BCUT2D eigenvalue weighted by Crippen LogP contribution is 2.38. The maximum atomic E-state index is 6.02. The van der Waals surface area contributed by atoms with Crippen LogP contribution < -0.4 is 5.73 Å². The van der Waals surface area contributed by atoms with E-state index in [2.05, 4.69) is 40.1 Å². The van der Waals surface area contributed by atoms with Gasteiger partial charge in [-0.3, -0.25) is 0 Å². The summed E-state index contributed by atoms with van der Waals surface area (Å²) in [6.07, 6.45) is 0. The first-order valence-corrected chi connectivity index (χ1v) is 7.44. The van der Waals surface area contributed by atoms with Crippen LogP contribution in [0.3, 0.4) is 0 Å². The summed E-state index contributed by atoms with van der Waals surface area (Å²) in [5, 5.41) is 3.95. The Hall–Kier alpha value is -2.07. The molecule has 3 nitrogen and oxygen atoms in total. The lowest BCUT2D eigenvalue weighted by Crippen LogP contribution is -1.90. The average molecular weight is 343 g/mol. The Bertz CT molecular complexity index is 791. The summed E-state index contributed by atoms with van der Waals surface area (Å²) in [5.41, 5.74) is 11.2. The highest BCUT2D eigenvalue weighted by molar-refractivity contribution is 9.10. The van der Waals surface area contributed by atoms with Gasteiger partial charge in [0.15, 0.2) is 11.6 Å². The summed E-state index contributed by atoms with van der Waals surface area (Å²) >= 11 is 3.50. The van der Waals surface area contributed by atoms with Gasteiger partial charge in [-0.1, -0.05) is 57.0 Å². The lowest BCUT2D eigenvalue weighted by atomic mass is 9.98. The molecule has 0 amide bonds. The normalized spacial score (nSPS) is 10.8. The van der Waals surface area contributed by atoms with Crippen molar-refractivity contribution in [1.82, 2.24) is 5.16 Å². The van der Waals surface area contributed by atoms with Crippen LogP contribution in [-0.4, -0.2) is 5.16 Å². The zero-order chi connectivity index (χ0) is 15.0. The van der Waals surface area contributed by atoms with Crippen LogP contribution >= 0.6 is 15.9 Å². The van der Waals surface area contributed by atoms with Gasteiger partial charge in [-0.05, 0) is 37.1 Å². The van der Waals surface area contributed by atoms with Crippen molar-refractivity contribution < 1.29 is 4.52 Å². The smallest absolute Gasteiger partial charge is 0.177 e. The molecule has 0 aliphatic heterocycles. The molecular formula is C17H15BrN2O. The Labute approximate surface area is 131 Å². The zero-order valence-electron chi connectivity index (χ0n) is 11.9. The van der Waals surface area contributed by atoms with Gasteiger partial charge in [0.05, 0.1) is 5.56 Å². The van der Waals surface area contributed by atoms with Gasteiger partial charge in [0, 0.05) is 10.0 Å². The standard InChI is InChI=1S/C17H15BrN2O/c1-10-3-6-12(7-4-10)15-16(21-20-17(15)19)14-9-13(18)8-5-11(14)2/h3-9H,1-2H3,(H2,19,20). The van der Waals surface area contributed by atoms with Crippen molar-refractivity contribution in [2.45, 2.75) is 13.8 Å². The molecule has 1 heterocycles. The van der Waals surface area contributed by atoms with E-state index in [1.54, 1.807) is 0 Å². The van der Waals surface area contributed by atoms with Crippen molar-refractivity contribution in [3.8, 4) is 22.5 Å². The Morgan fingerprint density at radius 1 is 1.05 bits per heavy atom. The molecule has 0 atom stereocenters. The minimum absolute atomic E-state index is 0.410. The fourth-order valence-electron chi connectivity index (χ4n) is 2.32. The minimum Gasteiger partial charge on any atom is -0.380 e. The van der Waals surface area contributed by atoms with Gasteiger partial charge in [-0.2, -0.15) is 0 Å². The Morgan fingerprint density at radius 2 is 1.76 bits per heavy atom. The number of nitrogens with two attached hydrogens (primary N) is 1. The van der Waals surface area contributed by atoms with Crippen molar-refractivity contribution in [2.75, 3.05) is 5.73 Å². The molecule has 1 aromatic heterocycles. The molecule has 0 spiro atoms. The highest BCUT2D eigenvalue weighted by Gasteiger charge is 2.19. The topological polar surface area (TPSA) is 52.0 Å². The SMILES string of the molecule is Cc1ccc(-c2c(N)noc2-c2cc(Br)ccc2C)cc1. The molecule has 3 rings (SSSR count). The van der Waals surface area contributed by atoms with Crippen molar-refractivity contribution >= 4 is 21.7 Å². The maximum absolute atomic E-state index is 6.02. The highest BCUT2D eigenvalue weighted by atomic mass is 79.9. The molecule has 0 bridgehead atoms. The molecule has 0 aliphatic carbocycles. The number of halogens is 1. The summed E-state index contributed by atoms with van der Waals surface area (Å²) in [6, 6.07) is 14.2. The van der Waals surface area contributed by atoms with E-state index in [0.717, 1.165) is 26.7 Å². The van der Waals surface area contributed by atoms with Crippen LogP contribution in [0.5, 0.6) is 0 Å². The molecule has 0 saturated heterocycles. The minimum atomic E-state index is 0.410.